The van der Waals surface area contributed by atoms with Gasteiger partial charge in [-0.1, -0.05) is 29.9 Å². The van der Waals surface area contributed by atoms with Crippen LogP contribution in [0.15, 0.2) is 29.2 Å². The van der Waals surface area contributed by atoms with E-state index in [4.69, 9.17) is 29.6 Å². The van der Waals surface area contributed by atoms with Crippen LogP contribution in [0.4, 0.5) is 0 Å². The van der Waals surface area contributed by atoms with E-state index in [1.54, 1.807) is 18.2 Å². The van der Waals surface area contributed by atoms with Gasteiger partial charge in [-0.3, -0.25) is 0 Å². The van der Waals surface area contributed by atoms with Crippen molar-refractivity contribution in [1.29, 1.82) is 0 Å². The van der Waals surface area contributed by atoms with Crippen LogP contribution in [0.3, 0.4) is 0 Å². The molecule has 2 rings (SSSR count). The number of thiocarbonyl (C=S) groups is 1. The summed E-state index contributed by atoms with van der Waals surface area (Å²) < 4.78 is 26.6. The molecular formula is C12H15ClN2O2S2. The third-order valence-corrected chi connectivity index (χ3v) is 5.32. The van der Waals surface area contributed by atoms with Gasteiger partial charge >= 0.3 is 0 Å². The third-order valence-electron chi connectivity index (χ3n) is 2.94. The lowest BCUT2D eigenvalue weighted by Crippen LogP contribution is -2.35. The lowest BCUT2D eigenvalue weighted by molar-refractivity contribution is 0.413. The van der Waals surface area contributed by atoms with Crippen molar-refractivity contribution in [2.45, 2.75) is 30.2 Å². The van der Waals surface area contributed by atoms with Crippen molar-refractivity contribution < 1.29 is 8.42 Å². The predicted molar refractivity (Wildman–Crippen MR) is 79.8 cm³/mol. The minimum absolute atomic E-state index is 0.0679. The predicted octanol–water partition coefficient (Wildman–Crippen LogP) is 2.17. The second-order valence-electron chi connectivity index (χ2n) is 4.52. The molecule has 1 aromatic rings. The molecule has 0 bridgehead atoms. The van der Waals surface area contributed by atoms with Gasteiger partial charge in [0.05, 0.1) is 9.88 Å². The van der Waals surface area contributed by atoms with Crippen LogP contribution in [0.5, 0.6) is 0 Å². The lowest BCUT2D eigenvalue weighted by Gasteiger charge is -2.21. The Morgan fingerprint density at radius 1 is 1.47 bits per heavy atom. The number of nitrogens with two attached hydrogens (primary N) is 1. The van der Waals surface area contributed by atoms with Gasteiger partial charge in [0.2, 0.25) is 10.0 Å². The van der Waals surface area contributed by atoms with Gasteiger partial charge in [-0.2, -0.15) is 4.31 Å². The van der Waals surface area contributed by atoms with Crippen LogP contribution in [0.2, 0.25) is 5.02 Å². The van der Waals surface area contributed by atoms with Gasteiger partial charge in [0.25, 0.3) is 0 Å². The molecule has 2 N–H and O–H groups in total. The van der Waals surface area contributed by atoms with Crippen LogP contribution in [-0.2, 0) is 10.0 Å². The van der Waals surface area contributed by atoms with Gasteiger partial charge in [0.1, 0.15) is 0 Å². The molecule has 1 fully saturated rings. The molecule has 0 amide bonds. The van der Waals surface area contributed by atoms with Gasteiger partial charge in [-0.25, -0.2) is 8.42 Å². The smallest absolute Gasteiger partial charge is 0.243 e. The summed E-state index contributed by atoms with van der Waals surface area (Å²) in [5, 5.41) is 0.408. The molecule has 19 heavy (non-hydrogen) atoms. The quantitative estimate of drug-likeness (QED) is 0.816. The van der Waals surface area contributed by atoms with Crippen molar-refractivity contribution in [3.63, 3.8) is 0 Å². The van der Waals surface area contributed by atoms with E-state index < -0.39 is 10.0 Å². The van der Waals surface area contributed by atoms with Gasteiger partial charge < -0.3 is 5.73 Å². The average molecular weight is 319 g/mol. The Balaban J connectivity index is 2.26. The highest BCUT2D eigenvalue weighted by Gasteiger charge is 2.37. The number of hydrogen-bond acceptors (Lipinski definition) is 3. The largest absolute Gasteiger partial charge is 0.393 e. The molecule has 0 radical (unpaired) electrons. The van der Waals surface area contributed by atoms with Crippen molar-refractivity contribution in [3.05, 3.63) is 29.3 Å². The highest BCUT2D eigenvalue weighted by atomic mass is 35.5. The molecule has 0 aromatic heterocycles. The summed E-state index contributed by atoms with van der Waals surface area (Å²) >= 11 is 10.7. The number of halogens is 1. The van der Waals surface area contributed by atoms with Crippen LogP contribution >= 0.6 is 23.8 Å². The molecule has 7 heteroatoms. The molecule has 1 saturated carbocycles. The number of sulfonamides is 1. The Labute approximate surface area is 123 Å². The first-order valence-corrected chi connectivity index (χ1v) is 8.19. The van der Waals surface area contributed by atoms with E-state index in [2.05, 4.69) is 0 Å². The summed E-state index contributed by atoms with van der Waals surface area (Å²) in [5.74, 6) is 0. The number of benzene rings is 1. The minimum Gasteiger partial charge on any atom is -0.393 e. The third kappa shape index (κ3) is 3.66. The molecule has 0 heterocycles. The monoisotopic (exact) mass is 318 g/mol. The van der Waals surface area contributed by atoms with E-state index in [1.165, 1.54) is 10.4 Å². The van der Waals surface area contributed by atoms with Crippen molar-refractivity contribution in [2.24, 2.45) is 5.73 Å². The molecule has 0 unspecified atom stereocenters. The molecule has 0 aliphatic heterocycles. The van der Waals surface area contributed by atoms with E-state index in [1.807, 2.05) is 0 Å². The fraction of sp³-hybridized carbons (Fsp3) is 0.417. The Kier molecular flexibility index (Phi) is 4.45. The van der Waals surface area contributed by atoms with E-state index in [9.17, 15) is 8.42 Å². The number of rotatable bonds is 6. The summed E-state index contributed by atoms with van der Waals surface area (Å²) in [6, 6.07) is 6.37. The van der Waals surface area contributed by atoms with Crippen LogP contribution < -0.4 is 5.73 Å². The normalized spacial score (nSPS) is 15.7. The maximum Gasteiger partial charge on any atom is 0.243 e. The second kappa shape index (κ2) is 5.75. The summed E-state index contributed by atoms with van der Waals surface area (Å²) in [4.78, 5) is 0.543. The maximum absolute atomic E-state index is 12.6. The van der Waals surface area contributed by atoms with Gasteiger partial charge in [-0.05, 0) is 31.0 Å². The molecule has 1 aliphatic rings. The Hall–Kier alpha value is -0.690. The van der Waals surface area contributed by atoms with Crippen molar-refractivity contribution in [1.82, 2.24) is 4.31 Å². The van der Waals surface area contributed by atoms with Crippen molar-refractivity contribution in [3.8, 4) is 0 Å². The molecule has 1 aromatic carbocycles. The first kappa shape index (κ1) is 14.7. The minimum atomic E-state index is -3.52. The van der Waals surface area contributed by atoms with Crippen molar-refractivity contribution in [2.75, 3.05) is 6.54 Å². The van der Waals surface area contributed by atoms with Crippen LogP contribution in [0.25, 0.3) is 0 Å². The van der Waals surface area contributed by atoms with Gasteiger partial charge in [0.15, 0.2) is 0 Å². The maximum atomic E-state index is 12.6. The second-order valence-corrected chi connectivity index (χ2v) is 7.37. The lowest BCUT2D eigenvalue weighted by atomic mass is 10.4. The number of hydrogen-bond donors (Lipinski definition) is 1. The first-order chi connectivity index (χ1) is 8.91. The zero-order chi connectivity index (χ0) is 14.0. The summed E-state index contributed by atoms with van der Waals surface area (Å²) in [5.41, 5.74) is 5.46. The zero-order valence-electron chi connectivity index (χ0n) is 10.3. The Morgan fingerprint density at radius 2 is 2.16 bits per heavy atom. The van der Waals surface area contributed by atoms with E-state index >= 15 is 0 Å². The Morgan fingerprint density at radius 3 is 2.68 bits per heavy atom. The number of nitrogens with zero attached hydrogens (tertiary/aromatic N) is 1. The fourth-order valence-corrected chi connectivity index (χ4v) is 3.92. The fourth-order valence-electron chi connectivity index (χ4n) is 1.84. The zero-order valence-corrected chi connectivity index (χ0v) is 12.6. The standard InChI is InChI=1S/C12H15ClN2O2S2/c13-9-2-1-3-11(8-9)19(16,17)15(10-4-5-10)7-6-12(14)18/h1-3,8,10H,4-7H2,(H2,14,18). The SMILES string of the molecule is NC(=S)CCN(C1CC1)S(=O)(=O)c1cccc(Cl)c1. The molecule has 0 atom stereocenters. The summed E-state index contributed by atoms with van der Waals surface area (Å²) in [6.45, 7) is 0.328. The van der Waals surface area contributed by atoms with Crippen LogP contribution in [0.1, 0.15) is 19.3 Å². The van der Waals surface area contributed by atoms with E-state index in [0.29, 0.717) is 23.0 Å². The summed E-state index contributed by atoms with van der Waals surface area (Å²) in [7, 11) is -3.52. The van der Waals surface area contributed by atoms with E-state index in [-0.39, 0.29) is 10.9 Å². The molecule has 4 nitrogen and oxygen atoms in total. The molecule has 1 aliphatic carbocycles. The molecule has 0 spiro atoms. The van der Waals surface area contributed by atoms with Crippen molar-refractivity contribution >= 4 is 38.8 Å². The highest BCUT2D eigenvalue weighted by molar-refractivity contribution is 7.89. The summed E-state index contributed by atoms with van der Waals surface area (Å²) in [6.07, 6.45) is 2.17. The molecule has 104 valence electrons. The average Bonchev–Trinajstić information content (AvgIpc) is 3.13. The highest BCUT2D eigenvalue weighted by Crippen LogP contribution is 2.32. The topological polar surface area (TPSA) is 63.4 Å². The van der Waals surface area contributed by atoms with Gasteiger partial charge in [0, 0.05) is 24.0 Å². The molecular weight excluding hydrogens is 304 g/mol. The van der Waals surface area contributed by atoms with Crippen LogP contribution in [0, 0.1) is 0 Å². The van der Waals surface area contributed by atoms with Crippen LogP contribution in [-0.4, -0.2) is 30.3 Å². The first-order valence-electron chi connectivity index (χ1n) is 5.97. The Bertz CT molecular complexity index is 585. The molecule has 0 saturated heterocycles. The van der Waals surface area contributed by atoms with Gasteiger partial charge in [-0.15, -0.1) is 0 Å². The van der Waals surface area contributed by atoms with E-state index in [0.717, 1.165) is 12.8 Å².